The van der Waals surface area contributed by atoms with E-state index in [4.69, 9.17) is 4.98 Å². The fraction of sp³-hybridized carbons (Fsp3) is 0.238. The van der Waals surface area contributed by atoms with Crippen LogP contribution in [0, 0.1) is 0 Å². The summed E-state index contributed by atoms with van der Waals surface area (Å²) in [5, 5.41) is 13.9. The van der Waals surface area contributed by atoms with E-state index in [2.05, 4.69) is 48.5 Å². The van der Waals surface area contributed by atoms with Gasteiger partial charge in [-0.3, -0.25) is 9.67 Å². The highest BCUT2D eigenvalue weighted by Gasteiger charge is 2.12. The van der Waals surface area contributed by atoms with E-state index in [9.17, 15) is 0 Å². The maximum Gasteiger partial charge on any atom is 0.221 e. The molecule has 0 aliphatic heterocycles. The van der Waals surface area contributed by atoms with Gasteiger partial charge < -0.3 is 4.90 Å². The molecule has 0 saturated carbocycles. The van der Waals surface area contributed by atoms with Crippen molar-refractivity contribution < 1.29 is 0 Å². The number of nitrogens with zero attached hydrogens (tertiary/aromatic N) is 9. The Hall–Kier alpha value is -3.72. The van der Waals surface area contributed by atoms with Crippen LogP contribution < -0.4 is 0 Å². The molecular formula is C21H21N9. The van der Waals surface area contributed by atoms with E-state index >= 15 is 0 Å². The lowest BCUT2D eigenvalue weighted by Crippen LogP contribution is -2.18. The highest BCUT2D eigenvalue weighted by atomic mass is 15.4. The molecule has 5 aromatic rings. The summed E-state index contributed by atoms with van der Waals surface area (Å²) in [5.74, 6) is 0. The van der Waals surface area contributed by atoms with Crippen molar-refractivity contribution >= 4 is 22.2 Å². The molecule has 4 aromatic heterocycles. The molecule has 5 rings (SSSR count). The first kappa shape index (κ1) is 18.3. The van der Waals surface area contributed by atoms with Gasteiger partial charge in [-0.2, -0.15) is 5.10 Å². The normalized spacial score (nSPS) is 11.7. The minimum absolute atomic E-state index is 0.529. The molecule has 0 radical (unpaired) electrons. The molecule has 0 bridgehead atoms. The van der Waals surface area contributed by atoms with Crippen molar-refractivity contribution in [2.24, 2.45) is 0 Å². The summed E-state index contributed by atoms with van der Waals surface area (Å²) in [6.45, 7) is 2.30. The summed E-state index contributed by atoms with van der Waals surface area (Å²) in [6.07, 6.45) is 7.32. The first-order chi connectivity index (χ1) is 14.7. The van der Waals surface area contributed by atoms with Crippen LogP contribution in [0.4, 0.5) is 0 Å². The van der Waals surface area contributed by atoms with Gasteiger partial charge in [0.1, 0.15) is 0 Å². The van der Waals surface area contributed by atoms with Gasteiger partial charge in [0.2, 0.25) is 5.65 Å². The predicted octanol–water partition coefficient (Wildman–Crippen LogP) is 2.24. The molecule has 30 heavy (non-hydrogen) atoms. The standard InChI is InChI=1S/C21H21N9/c1-28(2)8-9-29-14-17(11-24-29)19-12-23-20-21(25-19)30(27-26-20)13-15-5-6-18-16(10-15)4-3-7-22-18/h3-7,10-12,14H,8-9,13H2,1-2H3. The van der Waals surface area contributed by atoms with Gasteiger partial charge in [0.15, 0.2) is 5.65 Å². The van der Waals surface area contributed by atoms with Gasteiger partial charge in [0, 0.05) is 29.9 Å². The molecule has 1 aromatic carbocycles. The van der Waals surface area contributed by atoms with Crippen LogP contribution in [0.15, 0.2) is 55.1 Å². The summed E-state index contributed by atoms with van der Waals surface area (Å²) in [6, 6.07) is 10.2. The van der Waals surface area contributed by atoms with Gasteiger partial charge in [-0.1, -0.05) is 17.3 Å². The minimum atomic E-state index is 0.529. The quantitative estimate of drug-likeness (QED) is 0.432. The lowest BCUT2D eigenvalue weighted by molar-refractivity contribution is 0.373. The number of aromatic nitrogens is 8. The van der Waals surface area contributed by atoms with Gasteiger partial charge in [-0.05, 0) is 37.9 Å². The van der Waals surface area contributed by atoms with Crippen molar-refractivity contribution in [3.05, 3.63) is 60.7 Å². The van der Waals surface area contributed by atoms with Crippen molar-refractivity contribution in [3.8, 4) is 11.3 Å². The molecule has 4 heterocycles. The van der Waals surface area contributed by atoms with E-state index < -0.39 is 0 Å². The number of hydrogen-bond acceptors (Lipinski definition) is 7. The third-order valence-electron chi connectivity index (χ3n) is 4.93. The Kier molecular flexibility index (Phi) is 4.64. The molecule has 0 saturated heterocycles. The van der Waals surface area contributed by atoms with Crippen LogP contribution in [0.3, 0.4) is 0 Å². The Labute approximate surface area is 173 Å². The highest BCUT2D eigenvalue weighted by molar-refractivity contribution is 5.79. The Morgan fingerprint density at radius 2 is 2.00 bits per heavy atom. The van der Waals surface area contributed by atoms with Crippen LogP contribution >= 0.6 is 0 Å². The second-order valence-corrected chi connectivity index (χ2v) is 7.48. The number of fused-ring (bicyclic) bond motifs is 2. The topological polar surface area (TPSA) is 90.4 Å². The lowest BCUT2D eigenvalue weighted by Gasteiger charge is -2.08. The fourth-order valence-electron chi connectivity index (χ4n) is 3.32. The molecule has 0 spiro atoms. The van der Waals surface area contributed by atoms with Crippen LogP contribution in [0.5, 0.6) is 0 Å². The van der Waals surface area contributed by atoms with Gasteiger partial charge in [0.25, 0.3) is 0 Å². The van der Waals surface area contributed by atoms with Crippen molar-refractivity contribution in [2.45, 2.75) is 13.1 Å². The zero-order chi connectivity index (χ0) is 20.5. The number of rotatable bonds is 6. The van der Waals surface area contributed by atoms with E-state index in [0.29, 0.717) is 17.8 Å². The largest absolute Gasteiger partial charge is 0.308 e. The smallest absolute Gasteiger partial charge is 0.221 e. The van der Waals surface area contributed by atoms with Gasteiger partial charge >= 0.3 is 0 Å². The summed E-state index contributed by atoms with van der Waals surface area (Å²) < 4.78 is 3.69. The Morgan fingerprint density at radius 3 is 2.90 bits per heavy atom. The van der Waals surface area contributed by atoms with E-state index in [-0.39, 0.29) is 0 Å². The van der Waals surface area contributed by atoms with Crippen molar-refractivity contribution in [1.29, 1.82) is 0 Å². The zero-order valence-corrected chi connectivity index (χ0v) is 16.8. The molecule has 9 nitrogen and oxygen atoms in total. The van der Waals surface area contributed by atoms with Crippen LogP contribution in [0.1, 0.15) is 5.56 Å². The molecule has 9 heteroatoms. The van der Waals surface area contributed by atoms with Crippen LogP contribution in [0.2, 0.25) is 0 Å². The van der Waals surface area contributed by atoms with E-state index in [1.54, 1.807) is 17.1 Å². The first-order valence-electron chi connectivity index (χ1n) is 9.73. The van der Waals surface area contributed by atoms with Gasteiger partial charge in [-0.25, -0.2) is 14.6 Å². The maximum atomic E-state index is 4.77. The predicted molar refractivity (Wildman–Crippen MR) is 114 cm³/mol. The summed E-state index contributed by atoms with van der Waals surface area (Å²) in [4.78, 5) is 15.7. The SMILES string of the molecule is CN(C)CCn1cc(-c2cnc3nnn(Cc4ccc5ncccc5c4)c3n2)cn1. The number of hydrogen-bond donors (Lipinski definition) is 0. The average Bonchev–Trinajstić information content (AvgIpc) is 3.39. The van der Waals surface area contributed by atoms with E-state index in [0.717, 1.165) is 40.8 Å². The van der Waals surface area contributed by atoms with Gasteiger partial charge in [-0.15, -0.1) is 5.10 Å². The minimum Gasteiger partial charge on any atom is -0.308 e. The second-order valence-electron chi connectivity index (χ2n) is 7.48. The molecule has 0 amide bonds. The molecule has 0 aliphatic rings. The third kappa shape index (κ3) is 3.62. The number of benzene rings is 1. The second kappa shape index (κ2) is 7.60. The van der Waals surface area contributed by atoms with Crippen molar-refractivity contribution in [3.63, 3.8) is 0 Å². The molecule has 0 fully saturated rings. The van der Waals surface area contributed by atoms with E-state index in [1.807, 2.05) is 43.3 Å². The van der Waals surface area contributed by atoms with Gasteiger partial charge in [0.05, 0.1) is 36.7 Å². The first-order valence-corrected chi connectivity index (χ1v) is 9.73. The van der Waals surface area contributed by atoms with Crippen LogP contribution in [0.25, 0.3) is 33.5 Å². The zero-order valence-electron chi connectivity index (χ0n) is 16.8. The molecule has 0 N–H and O–H groups in total. The van der Waals surface area contributed by atoms with Crippen LogP contribution in [-0.2, 0) is 13.1 Å². The number of likely N-dealkylation sites (N-methyl/N-ethyl adjacent to an activating group) is 1. The van der Waals surface area contributed by atoms with Crippen molar-refractivity contribution in [2.75, 3.05) is 20.6 Å². The Balaban J connectivity index is 1.44. The fourth-order valence-corrected chi connectivity index (χ4v) is 3.32. The summed E-state index contributed by atoms with van der Waals surface area (Å²) in [5.41, 5.74) is 4.93. The lowest BCUT2D eigenvalue weighted by atomic mass is 10.1. The molecule has 0 unspecified atom stereocenters. The Morgan fingerprint density at radius 1 is 1.07 bits per heavy atom. The van der Waals surface area contributed by atoms with E-state index in [1.165, 1.54) is 0 Å². The monoisotopic (exact) mass is 399 g/mol. The highest BCUT2D eigenvalue weighted by Crippen LogP contribution is 2.19. The molecule has 0 aliphatic carbocycles. The Bertz CT molecular complexity index is 1320. The maximum absolute atomic E-state index is 4.77. The number of pyridine rings is 1. The third-order valence-corrected chi connectivity index (χ3v) is 4.93. The van der Waals surface area contributed by atoms with Crippen LogP contribution in [-0.4, -0.2) is 65.3 Å². The molecular weight excluding hydrogens is 378 g/mol. The average molecular weight is 399 g/mol. The summed E-state index contributed by atoms with van der Waals surface area (Å²) in [7, 11) is 4.09. The molecule has 150 valence electrons. The molecule has 0 atom stereocenters. The summed E-state index contributed by atoms with van der Waals surface area (Å²) >= 11 is 0. The van der Waals surface area contributed by atoms with Crippen molar-refractivity contribution in [1.82, 2.24) is 44.6 Å².